The fourth-order valence-electron chi connectivity index (χ4n) is 2.08. The maximum Gasteiger partial charge on any atom is 0.180 e. The molecule has 1 aromatic heterocycles. The van der Waals surface area contributed by atoms with Crippen LogP contribution in [0.4, 0.5) is 5.13 Å². The minimum Gasteiger partial charge on any atom is -0.375 e. The second-order valence-electron chi connectivity index (χ2n) is 4.05. The summed E-state index contributed by atoms with van der Waals surface area (Å²) in [5, 5.41) is 5.13. The molecule has 0 saturated heterocycles. The van der Waals surface area contributed by atoms with Gasteiger partial charge in [0.05, 0.1) is 5.69 Å². The molecule has 82 valence electrons. The summed E-state index contributed by atoms with van der Waals surface area (Å²) in [6.45, 7) is 0. The molecule has 2 nitrogen and oxygen atoms in total. The van der Waals surface area contributed by atoms with Gasteiger partial charge in [-0.15, -0.1) is 11.3 Å². The van der Waals surface area contributed by atoms with Gasteiger partial charge in [-0.05, 0) is 10.8 Å². The number of hydrogen-bond acceptors (Lipinski definition) is 3. The molecule has 3 aromatic rings. The molecule has 0 radical (unpaired) electrons. The SMILES string of the molecule is Bc1ccc(-c2csc(N)n2)c2ccccc12. The van der Waals surface area contributed by atoms with Gasteiger partial charge < -0.3 is 5.73 Å². The Hall–Kier alpha value is -1.81. The van der Waals surface area contributed by atoms with Gasteiger partial charge >= 0.3 is 0 Å². The Morgan fingerprint density at radius 1 is 1.06 bits per heavy atom. The zero-order valence-electron chi connectivity index (χ0n) is 9.47. The maximum absolute atomic E-state index is 5.70. The minimum absolute atomic E-state index is 0.615. The number of nitrogens with two attached hydrogens (primary N) is 1. The molecule has 0 bridgehead atoms. The topological polar surface area (TPSA) is 38.9 Å². The molecule has 0 atom stereocenters. The van der Waals surface area contributed by atoms with Crippen molar-refractivity contribution in [3.8, 4) is 11.3 Å². The summed E-state index contributed by atoms with van der Waals surface area (Å²) in [5.41, 5.74) is 9.10. The third kappa shape index (κ3) is 1.70. The number of anilines is 1. The van der Waals surface area contributed by atoms with Crippen molar-refractivity contribution >= 4 is 40.5 Å². The maximum atomic E-state index is 5.70. The van der Waals surface area contributed by atoms with Gasteiger partial charge in [0.2, 0.25) is 0 Å². The van der Waals surface area contributed by atoms with Gasteiger partial charge in [0.15, 0.2) is 5.13 Å². The van der Waals surface area contributed by atoms with Gasteiger partial charge in [0.1, 0.15) is 7.85 Å². The lowest BCUT2D eigenvalue weighted by Gasteiger charge is -2.06. The van der Waals surface area contributed by atoms with E-state index in [1.165, 1.54) is 27.6 Å². The molecule has 0 fully saturated rings. The average molecular weight is 238 g/mol. The lowest BCUT2D eigenvalue weighted by Crippen LogP contribution is -2.03. The molecule has 3 rings (SSSR count). The zero-order valence-corrected chi connectivity index (χ0v) is 10.3. The average Bonchev–Trinajstić information content (AvgIpc) is 2.77. The molecule has 0 aliphatic rings. The molecule has 0 unspecified atom stereocenters. The van der Waals surface area contributed by atoms with Crippen molar-refractivity contribution in [2.45, 2.75) is 0 Å². The molecule has 0 aliphatic carbocycles. The summed E-state index contributed by atoms with van der Waals surface area (Å²) < 4.78 is 0. The molecule has 0 spiro atoms. The van der Waals surface area contributed by atoms with E-state index >= 15 is 0 Å². The molecule has 4 heteroatoms. The van der Waals surface area contributed by atoms with Gasteiger partial charge in [-0.3, -0.25) is 0 Å². The molecule has 0 aliphatic heterocycles. The van der Waals surface area contributed by atoms with Crippen molar-refractivity contribution < 1.29 is 0 Å². The van der Waals surface area contributed by atoms with Crippen LogP contribution >= 0.6 is 11.3 Å². The Labute approximate surface area is 105 Å². The Kier molecular flexibility index (Phi) is 2.37. The highest BCUT2D eigenvalue weighted by Crippen LogP contribution is 2.29. The normalized spacial score (nSPS) is 10.8. The first-order valence-electron chi connectivity index (χ1n) is 5.45. The van der Waals surface area contributed by atoms with E-state index in [0.29, 0.717) is 5.13 Å². The highest BCUT2D eigenvalue weighted by atomic mass is 32.1. The molecular weight excluding hydrogens is 227 g/mol. The van der Waals surface area contributed by atoms with Crippen molar-refractivity contribution in [1.82, 2.24) is 4.98 Å². The lowest BCUT2D eigenvalue weighted by molar-refractivity contribution is 1.42. The molecule has 2 N–H and O–H groups in total. The third-order valence-corrected chi connectivity index (χ3v) is 3.61. The van der Waals surface area contributed by atoms with Crippen LogP contribution in [-0.2, 0) is 0 Å². The van der Waals surface area contributed by atoms with Gasteiger partial charge in [-0.25, -0.2) is 4.98 Å². The molecule has 1 heterocycles. The van der Waals surface area contributed by atoms with Gasteiger partial charge in [0, 0.05) is 10.9 Å². The number of hydrogen-bond donors (Lipinski definition) is 1. The number of thiazole rings is 1. The summed E-state index contributed by atoms with van der Waals surface area (Å²) in [6.07, 6.45) is 0. The second kappa shape index (κ2) is 3.89. The third-order valence-electron chi connectivity index (χ3n) is 2.94. The molecular formula is C13H11BN2S. The van der Waals surface area contributed by atoms with Crippen molar-refractivity contribution in [2.24, 2.45) is 0 Å². The Morgan fingerprint density at radius 3 is 2.53 bits per heavy atom. The Morgan fingerprint density at radius 2 is 1.82 bits per heavy atom. The van der Waals surface area contributed by atoms with E-state index in [2.05, 4.69) is 49.2 Å². The van der Waals surface area contributed by atoms with Crippen LogP contribution in [0, 0.1) is 0 Å². The first kappa shape index (κ1) is 10.4. The Balaban J connectivity index is 2.34. The number of aromatic nitrogens is 1. The largest absolute Gasteiger partial charge is 0.375 e. The van der Waals surface area contributed by atoms with Crippen molar-refractivity contribution in [3.63, 3.8) is 0 Å². The number of fused-ring (bicyclic) bond motifs is 1. The summed E-state index contributed by atoms with van der Waals surface area (Å²) in [4.78, 5) is 4.36. The lowest BCUT2D eigenvalue weighted by atomic mass is 9.88. The van der Waals surface area contributed by atoms with Crippen LogP contribution in [0.2, 0.25) is 0 Å². The zero-order chi connectivity index (χ0) is 11.8. The summed E-state index contributed by atoms with van der Waals surface area (Å²) in [7, 11) is 2.13. The van der Waals surface area contributed by atoms with E-state index < -0.39 is 0 Å². The van der Waals surface area contributed by atoms with Crippen LogP contribution in [0.15, 0.2) is 41.8 Å². The predicted octanol–water partition coefficient (Wildman–Crippen LogP) is 1.80. The van der Waals surface area contributed by atoms with Crippen molar-refractivity contribution in [1.29, 1.82) is 0 Å². The summed E-state index contributed by atoms with van der Waals surface area (Å²) >= 11 is 1.48. The standard InChI is InChI=1S/C13H11BN2S/c14-11-6-5-10(12-7-17-13(15)16-12)8-3-1-2-4-9(8)11/h1-7H,14H2,(H2,15,16). The van der Waals surface area contributed by atoms with E-state index in [9.17, 15) is 0 Å². The summed E-state index contributed by atoms with van der Waals surface area (Å²) in [5.74, 6) is 0. The highest BCUT2D eigenvalue weighted by molar-refractivity contribution is 7.13. The molecule has 0 saturated carbocycles. The van der Waals surface area contributed by atoms with E-state index in [1.807, 2.05) is 5.38 Å². The van der Waals surface area contributed by atoms with Crippen LogP contribution in [0.3, 0.4) is 0 Å². The second-order valence-corrected chi connectivity index (χ2v) is 4.94. The van der Waals surface area contributed by atoms with Crippen LogP contribution in [-0.4, -0.2) is 12.8 Å². The minimum atomic E-state index is 0.615. The molecule has 0 amide bonds. The predicted molar refractivity (Wildman–Crippen MR) is 77.6 cm³/mol. The smallest absolute Gasteiger partial charge is 0.180 e. The first-order chi connectivity index (χ1) is 8.25. The number of benzene rings is 2. The van der Waals surface area contributed by atoms with E-state index in [-0.39, 0.29) is 0 Å². The van der Waals surface area contributed by atoms with Crippen LogP contribution in [0.5, 0.6) is 0 Å². The van der Waals surface area contributed by atoms with Gasteiger partial charge in [-0.1, -0.05) is 41.9 Å². The number of nitrogen functional groups attached to an aromatic ring is 1. The molecule has 2 aromatic carbocycles. The van der Waals surface area contributed by atoms with E-state index in [1.54, 1.807) is 0 Å². The highest BCUT2D eigenvalue weighted by Gasteiger charge is 2.07. The first-order valence-corrected chi connectivity index (χ1v) is 6.33. The fraction of sp³-hybridized carbons (Fsp3) is 0. The monoisotopic (exact) mass is 238 g/mol. The Bertz CT molecular complexity index is 691. The number of rotatable bonds is 1. The van der Waals surface area contributed by atoms with E-state index in [0.717, 1.165) is 11.3 Å². The fourth-order valence-corrected chi connectivity index (χ4v) is 2.65. The van der Waals surface area contributed by atoms with Gasteiger partial charge in [-0.2, -0.15) is 0 Å². The van der Waals surface area contributed by atoms with Crippen LogP contribution in [0.1, 0.15) is 0 Å². The number of nitrogens with zero attached hydrogens (tertiary/aromatic N) is 1. The molecule has 17 heavy (non-hydrogen) atoms. The van der Waals surface area contributed by atoms with E-state index in [4.69, 9.17) is 5.73 Å². The van der Waals surface area contributed by atoms with Gasteiger partial charge in [0.25, 0.3) is 0 Å². The van der Waals surface area contributed by atoms with Crippen molar-refractivity contribution in [3.05, 3.63) is 41.8 Å². The van der Waals surface area contributed by atoms with Crippen LogP contribution in [0.25, 0.3) is 22.0 Å². The van der Waals surface area contributed by atoms with Crippen LogP contribution < -0.4 is 11.2 Å². The van der Waals surface area contributed by atoms with Crippen molar-refractivity contribution in [2.75, 3.05) is 5.73 Å². The summed E-state index contributed by atoms with van der Waals surface area (Å²) in [6, 6.07) is 12.6. The quantitative estimate of drug-likeness (QED) is 0.656.